The summed E-state index contributed by atoms with van der Waals surface area (Å²) in [4.78, 5) is 43.4. The Bertz CT molecular complexity index is 1730. The number of fused-ring (bicyclic) bond motifs is 2. The Kier molecular flexibility index (Phi) is 7.80. The molecule has 5 rings (SSSR count). The lowest BCUT2D eigenvalue weighted by atomic mass is 9.93. The van der Waals surface area contributed by atoms with Crippen LogP contribution < -0.4 is 10.9 Å². The highest BCUT2D eigenvalue weighted by Gasteiger charge is 2.38. The van der Waals surface area contributed by atoms with Crippen LogP contribution >= 0.6 is 23.2 Å². The monoisotopic (exact) mass is 603 g/mol. The lowest BCUT2D eigenvalue weighted by molar-refractivity contribution is -0.142. The first kappa shape index (κ1) is 28.6. The number of aromatic nitrogens is 2. The van der Waals surface area contributed by atoms with E-state index in [9.17, 15) is 27.6 Å². The number of nitrogens with zero attached hydrogens (tertiary/aromatic N) is 2. The third kappa shape index (κ3) is 5.41. The van der Waals surface area contributed by atoms with Crippen LogP contribution in [0, 0.1) is 0 Å². The average molecular weight is 604 g/mol. The summed E-state index contributed by atoms with van der Waals surface area (Å²) >= 11 is 12.3. The van der Waals surface area contributed by atoms with Gasteiger partial charge in [-0.2, -0.15) is 13.2 Å². The lowest BCUT2D eigenvalue weighted by Crippen LogP contribution is -2.43. The van der Waals surface area contributed by atoms with Gasteiger partial charge in [0.2, 0.25) is 0 Å². The second kappa shape index (κ2) is 11.2. The maximum absolute atomic E-state index is 14.2. The number of alkyl halides is 3. The number of pyridine rings is 2. The van der Waals surface area contributed by atoms with Gasteiger partial charge in [0.05, 0.1) is 39.4 Å². The van der Waals surface area contributed by atoms with Gasteiger partial charge in [-0.1, -0.05) is 47.5 Å². The van der Waals surface area contributed by atoms with E-state index in [1.807, 2.05) is 0 Å². The van der Waals surface area contributed by atoms with Crippen LogP contribution in [0.4, 0.5) is 13.2 Å². The predicted molar refractivity (Wildman–Crippen MR) is 148 cm³/mol. The molecule has 3 heterocycles. The van der Waals surface area contributed by atoms with E-state index >= 15 is 0 Å². The van der Waals surface area contributed by atoms with Crippen LogP contribution in [0.25, 0.3) is 22.0 Å². The van der Waals surface area contributed by atoms with Gasteiger partial charge in [-0.05, 0) is 42.7 Å². The molecular weight excluding hydrogens is 582 g/mol. The molecule has 2 aromatic heterocycles. The minimum Gasteiger partial charge on any atom is -0.467 e. The lowest BCUT2D eigenvalue weighted by Gasteiger charge is -2.20. The molecule has 0 bridgehead atoms. The van der Waals surface area contributed by atoms with Gasteiger partial charge < -0.3 is 14.6 Å². The highest BCUT2D eigenvalue weighted by atomic mass is 35.5. The van der Waals surface area contributed by atoms with Crippen molar-refractivity contribution in [2.24, 2.45) is 0 Å². The number of benzene rings is 2. The fourth-order valence-corrected chi connectivity index (χ4v) is 5.73. The molecule has 0 saturated carbocycles. The van der Waals surface area contributed by atoms with Crippen LogP contribution in [0.1, 0.15) is 33.6 Å². The summed E-state index contributed by atoms with van der Waals surface area (Å²) in [5.74, 6) is -1.48. The van der Waals surface area contributed by atoms with Gasteiger partial charge in [0.1, 0.15) is 6.04 Å². The van der Waals surface area contributed by atoms with Crippen molar-refractivity contribution in [3.8, 4) is 11.1 Å². The number of carbonyl (C=O) groups excluding carboxylic acids is 2. The number of aryl methyl sites for hydroxylation is 1. The van der Waals surface area contributed by atoms with Gasteiger partial charge in [-0.3, -0.25) is 14.6 Å². The molecule has 1 aliphatic heterocycles. The highest BCUT2D eigenvalue weighted by molar-refractivity contribution is 6.39. The number of ether oxygens (including phenoxy) is 1. The Hall–Kier alpha value is -3.89. The fraction of sp³-hybridized carbons (Fsp3) is 0.241. The van der Waals surface area contributed by atoms with E-state index in [1.165, 1.54) is 35.0 Å². The van der Waals surface area contributed by atoms with E-state index in [2.05, 4.69) is 10.3 Å². The third-order valence-electron chi connectivity index (χ3n) is 7.04. The standard InChI is InChI=1S/C29H22Cl2F3N3O4/c1-41-28(40)22(36-26(38)24-20(30)7-2-8-21(24)31)13-15-9-10-18(25-17(15)6-3-11-35-25)23-19(29(32,33)34)14-16-5-4-12-37(16)27(23)39/h2-3,6-11,14,22H,4-5,12-13H2,1H3,(H,36,38)/t22-/m0/s1. The van der Waals surface area contributed by atoms with E-state index in [4.69, 9.17) is 27.9 Å². The molecule has 12 heteroatoms. The number of methoxy groups -OCH3 is 1. The summed E-state index contributed by atoms with van der Waals surface area (Å²) in [6, 6.07) is 10.5. The quantitative estimate of drug-likeness (QED) is 0.279. The molecule has 2 aromatic carbocycles. The number of carbonyl (C=O) groups is 2. The number of rotatable bonds is 6. The minimum atomic E-state index is -4.77. The van der Waals surface area contributed by atoms with Gasteiger partial charge in [-0.25, -0.2) is 4.79 Å². The Morgan fingerprint density at radius 2 is 1.85 bits per heavy atom. The molecule has 0 unspecified atom stereocenters. The number of esters is 1. The molecule has 1 N–H and O–H groups in total. The summed E-state index contributed by atoms with van der Waals surface area (Å²) in [5, 5.41) is 3.16. The maximum atomic E-state index is 14.2. The molecule has 212 valence electrons. The second-order valence-electron chi connectivity index (χ2n) is 9.50. The molecule has 0 saturated heterocycles. The Morgan fingerprint density at radius 3 is 2.54 bits per heavy atom. The van der Waals surface area contributed by atoms with Crippen LogP contribution in [0.15, 0.2) is 59.5 Å². The molecule has 0 spiro atoms. The molecule has 7 nitrogen and oxygen atoms in total. The van der Waals surface area contributed by atoms with Crippen molar-refractivity contribution in [2.75, 3.05) is 7.11 Å². The number of hydrogen-bond donors (Lipinski definition) is 1. The van der Waals surface area contributed by atoms with Crippen molar-refractivity contribution >= 4 is 46.0 Å². The minimum absolute atomic E-state index is 0.0189. The van der Waals surface area contributed by atoms with Crippen molar-refractivity contribution in [1.29, 1.82) is 0 Å². The van der Waals surface area contributed by atoms with Gasteiger partial charge >= 0.3 is 12.1 Å². The van der Waals surface area contributed by atoms with Crippen molar-refractivity contribution in [3.63, 3.8) is 0 Å². The number of amides is 1. The first-order chi connectivity index (χ1) is 19.5. The zero-order chi connectivity index (χ0) is 29.5. The second-order valence-corrected chi connectivity index (χ2v) is 10.3. The SMILES string of the molecule is COC(=O)[C@H](Cc1ccc(-c2c(C(F)(F)F)cc3n(c2=O)CCC3)c2ncccc12)NC(=O)c1c(Cl)cccc1Cl. The van der Waals surface area contributed by atoms with Gasteiger partial charge in [-0.15, -0.1) is 0 Å². The van der Waals surface area contributed by atoms with Crippen molar-refractivity contribution in [3.05, 3.63) is 97.5 Å². The van der Waals surface area contributed by atoms with Gasteiger partial charge in [0, 0.05) is 35.8 Å². The van der Waals surface area contributed by atoms with Crippen molar-refractivity contribution in [2.45, 2.75) is 38.0 Å². The molecule has 0 fully saturated rings. The molecule has 0 aliphatic carbocycles. The zero-order valence-electron chi connectivity index (χ0n) is 21.5. The molecule has 1 aliphatic rings. The van der Waals surface area contributed by atoms with Crippen LogP contribution in [0.5, 0.6) is 0 Å². The third-order valence-corrected chi connectivity index (χ3v) is 7.67. The maximum Gasteiger partial charge on any atom is 0.417 e. The normalized spacial score (nSPS) is 13.6. The molecule has 0 radical (unpaired) electrons. The van der Waals surface area contributed by atoms with Crippen LogP contribution in [0.2, 0.25) is 10.0 Å². The average Bonchev–Trinajstić information content (AvgIpc) is 3.41. The van der Waals surface area contributed by atoms with E-state index in [1.54, 1.807) is 18.2 Å². The van der Waals surface area contributed by atoms with Gasteiger partial charge in [0.15, 0.2) is 0 Å². The van der Waals surface area contributed by atoms with Crippen LogP contribution in [-0.4, -0.2) is 34.6 Å². The topological polar surface area (TPSA) is 90.3 Å². The molecule has 1 atom stereocenters. The van der Waals surface area contributed by atoms with Gasteiger partial charge in [0.25, 0.3) is 11.5 Å². The molecule has 41 heavy (non-hydrogen) atoms. The van der Waals surface area contributed by atoms with Crippen LogP contribution in [0.3, 0.4) is 0 Å². The molecule has 4 aromatic rings. The Labute approximate surface area is 241 Å². The Balaban J connectivity index is 1.60. The highest BCUT2D eigenvalue weighted by Crippen LogP contribution is 2.39. The predicted octanol–water partition coefficient (Wildman–Crippen LogP) is 5.85. The van der Waals surface area contributed by atoms with Crippen molar-refractivity contribution < 1.29 is 27.5 Å². The molecule has 1 amide bonds. The first-order valence-electron chi connectivity index (χ1n) is 12.5. The summed E-state index contributed by atoms with van der Waals surface area (Å²) in [6.07, 6.45) is -2.50. The fourth-order valence-electron chi connectivity index (χ4n) is 5.16. The summed E-state index contributed by atoms with van der Waals surface area (Å²) in [6.45, 7) is 0.332. The first-order valence-corrected chi connectivity index (χ1v) is 13.3. The van der Waals surface area contributed by atoms with Crippen LogP contribution in [-0.2, 0) is 35.1 Å². The molecular formula is C29H22Cl2F3N3O4. The Morgan fingerprint density at radius 1 is 1.12 bits per heavy atom. The summed E-state index contributed by atoms with van der Waals surface area (Å²) < 4.78 is 48.9. The summed E-state index contributed by atoms with van der Waals surface area (Å²) in [5.41, 5.74) is -1.27. The smallest absolute Gasteiger partial charge is 0.417 e. The number of halogens is 5. The van der Waals surface area contributed by atoms with E-state index < -0.39 is 40.8 Å². The van der Waals surface area contributed by atoms with E-state index in [0.717, 1.165) is 13.2 Å². The summed E-state index contributed by atoms with van der Waals surface area (Å²) in [7, 11) is 1.16. The largest absolute Gasteiger partial charge is 0.467 e. The zero-order valence-corrected chi connectivity index (χ0v) is 23.0. The number of hydrogen-bond acceptors (Lipinski definition) is 5. The van der Waals surface area contributed by atoms with Crippen molar-refractivity contribution in [1.82, 2.24) is 14.9 Å². The van der Waals surface area contributed by atoms with E-state index in [-0.39, 0.29) is 33.1 Å². The number of nitrogens with one attached hydrogen (secondary N) is 1. The van der Waals surface area contributed by atoms with E-state index in [0.29, 0.717) is 36.0 Å².